The molecule has 2 aromatic rings. The highest BCUT2D eigenvalue weighted by Crippen LogP contribution is 2.50. The summed E-state index contributed by atoms with van der Waals surface area (Å²) in [6.07, 6.45) is 1.58. The minimum atomic E-state index is -0.202. The molecule has 1 heterocycles. The van der Waals surface area contributed by atoms with E-state index in [9.17, 15) is 0 Å². The van der Waals surface area contributed by atoms with Gasteiger partial charge in [0.05, 0.1) is 12.2 Å². The number of nitrogens with one attached hydrogen (secondary N) is 2. The average molecular weight is 252 g/mol. The molecule has 0 amide bonds. The highest BCUT2D eigenvalue weighted by molar-refractivity contribution is 6.33. The maximum absolute atomic E-state index is 7.07. The number of hydrogen-bond acceptors (Lipinski definition) is 3. The van der Waals surface area contributed by atoms with Gasteiger partial charge in [-0.2, -0.15) is 5.11 Å². The van der Waals surface area contributed by atoms with Crippen LogP contribution in [0.2, 0.25) is 0 Å². The summed E-state index contributed by atoms with van der Waals surface area (Å²) in [5, 5.41) is 4.64. The predicted octanol–water partition coefficient (Wildman–Crippen LogP) is 1.63. The lowest BCUT2D eigenvalue weighted by Crippen LogP contribution is -2.20. The van der Waals surface area contributed by atoms with E-state index in [1.165, 1.54) is 16.4 Å². The number of rotatable bonds is 1. The first-order valence-corrected chi connectivity index (χ1v) is 6.42. The summed E-state index contributed by atoms with van der Waals surface area (Å²) >= 11 is 0. The van der Waals surface area contributed by atoms with Crippen LogP contribution in [0.5, 0.6) is 0 Å². The topological polar surface area (TPSA) is 78.0 Å². The van der Waals surface area contributed by atoms with Crippen molar-refractivity contribution in [3.05, 3.63) is 41.2 Å². The zero-order valence-electron chi connectivity index (χ0n) is 11.4. The van der Waals surface area contributed by atoms with Gasteiger partial charge in [0.25, 0.3) is 0 Å². The number of nitrogens with zero attached hydrogens (tertiary/aromatic N) is 1. The smallest absolute Gasteiger partial charge is 0.139 e. The maximum Gasteiger partial charge on any atom is 0.139 e. The van der Waals surface area contributed by atoms with Crippen LogP contribution < -0.4 is 11.2 Å². The molecule has 1 aliphatic rings. The molecule has 4 nitrogen and oxygen atoms in total. The van der Waals surface area contributed by atoms with Crippen LogP contribution in [0.25, 0.3) is 10.9 Å². The third-order valence-corrected chi connectivity index (χ3v) is 4.18. The van der Waals surface area contributed by atoms with E-state index in [1.807, 2.05) is 0 Å². The van der Waals surface area contributed by atoms with Gasteiger partial charge in [0.2, 0.25) is 0 Å². The highest BCUT2D eigenvalue weighted by atomic mass is 14.9. The second-order valence-electron chi connectivity index (χ2n) is 5.78. The van der Waals surface area contributed by atoms with E-state index >= 15 is 0 Å². The predicted molar refractivity (Wildman–Crippen MR) is 79.7 cm³/mol. The largest absolute Gasteiger partial charge is 0.357 e. The van der Waals surface area contributed by atoms with Crippen molar-refractivity contribution in [1.29, 1.82) is 5.53 Å². The van der Waals surface area contributed by atoms with Crippen LogP contribution in [0.4, 0.5) is 0 Å². The van der Waals surface area contributed by atoms with Crippen molar-refractivity contribution < 1.29 is 0 Å². The lowest BCUT2D eigenvalue weighted by Gasteiger charge is -2.22. The molecule has 1 aromatic heterocycles. The first-order valence-electron chi connectivity index (χ1n) is 6.42. The first kappa shape index (κ1) is 12.2. The number of benzene rings is 1. The summed E-state index contributed by atoms with van der Waals surface area (Å²) in [6, 6.07) is 6.19. The van der Waals surface area contributed by atoms with Crippen LogP contribution in [0.1, 0.15) is 31.1 Å². The number of aromatic amines is 1. The van der Waals surface area contributed by atoms with E-state index in [2.05, 4.69) is 50.0 Å². The molecular formula is C14H17BN4. The molecule has 0 spiro atoms. The fraction of sp³-hybridized carbons (Fsp3) is 0.286. The highest BCUT2D eigenvalue weighted by Gasteiger charge is 2.42. The fourth-order valence-electron chi connectivity index (χ4n) is 3.23. The van der Waals surface area contributed by atoms with Crippen molar-refractivity contribution in [3.63, 3.8) is 0 Å². The lowest BCUT2D eigenvalue weighted by atomic mass is 9.81. The van der Waals surface area contributed by atoms with Crippen molar-refractivity contribution in [1.82, 2.24) is 4.98 Å². The second-order valence-corrected chi connectivity index (χ2v) is 5.78. The number of hydrogen-bond donors (Lipinski definition) is 3. The Hall–Kier alpha value is -1.88. The first-order chi connectivity index (χ1) is 8.96. The van der Waals surface area contributed by atoms with Crippen LogP contribution in [-0.2, 0) is 5.41 Å². The molecule has 0 aliphatic heterocycles. The molecule has 1 aromatic carbocycles. The fourth-order valence-corrected chi connectivity index (χ4v) is 3.23. The third kappa shape index (κ3) is 1.51. The van der Waals surface area contributed by atoms with Crippen molar-refractivity contribution >= 4 is 24.2 Å². The molecule has 1 aliphatic carbocycles. The van der Waals surface area contributed by atoms with Gasteiger partial charge in [0, 0.05) is 22.0 Å². The van der Waals surface area contributed by atoms with Crippen molar-refractivity contribution in [3.8, 4) is 0 Å². The number of nitrogens with two attached hydrogens (primary N) is 1. The Labute approximate surface area is 113 Å². The number of H-pyrrole nitrogens is 1. The van der Waals surface area contributed by atoms with Crippen molar-refractivity contribution in [2.24, 2.45) is 10.8 Å². The molecule has 19 heavy (non-hydrogen) atoms. The van der Waals surface area contributed by atoms with E-state index in [0.29, 0.717) is 0 Å². The Morgan fingerprint density at radius 3 is 2.89 bits per heavy atom. The van der Waals surface area contributed by atoms with Gasteiger partial charge in [-0.1, -0.05) is 31.4 Å². The molecule has 1 atom stereocenters. The van der Waals surface area contributed by atoms with E-state index in [0.717, 1.165) is 16.8 Å². The van der Waals surface area contributed by atoms with Crippen LogP contribution in [0, 0.1) is 5.53 Å². The van der Waals surface area contributed by atoms with Gasteiger partial charge >= 0.3 is 0 Å². The molecule has 0 saturated carbocycles. The lowest BCUT2D eigenvalue weighted by molar-refractivity contribution is 0.619. The molecule has 96 valence electrons. The Kier molecular flexibility index (Phi) is 2.44. The Balaban J connectivity index is 2.36. The maximum atomic E-state index is 7.07. The van der Waals surface area contributed by atoms with Crippen LogP contribution in [0.3, 0.4) is 0 Å². The SMILES string of the molecule is Bc1ccc2[nH]c3c(c2c1)C(C)(C)/C(=C/N=N)C3N. The molecule has 0 bridgehead atoms. The van der Waals surface area contributed by atoms with Gasteiger partial charge in [0.1, 0.15) is 7.85 Å². The number of fused-ring (bicyclic) bond motifs is 3. The normalized spacial score (nSPS) is 22.9. The molecular weight excluding hydrogens is 235 g/mol. The molecule has 0 saturated heterocycles. The second kappa shape index (κ2) is 3.81. The average Bonchev–Trinajstić information content (AvgIpc) is 2.80. The summed E-state index contributed by atoms with van der Waals surface area (Å²) in [5.74, 6) is 0. The molecule has 1 unspecified atom stereocenters. The minimum Gasteiger partial charge on any atom is -0.357 e. The van der Waals surface area contributed by atoms with Gasteiger partial charge in [0.15, 0.2) is 0 Å². The number of aromatic nitrogens is 1. The summed E-state index contributed by atoms with van der Waals surface area (Å²) < 4.78 is 0. The van der Waals surface area contributed by atoms with Gasteiger partial charge in [-0.25, -0.2) is 5.53 Å². The van der Waals surface area contributed by atoms with E-state index < -0.39 is 0 Å². The quantitative estimate of drug-likeness (QED) is 0.523. The van der Waals surface area contributed by atoms with Gasteiger partial charge in [-0.3, -0.25) is 0 Å². The van der Waals surface area contributed by atoms with Crippen LogP contribution in [0.15, 0.2) is 35.1 Å². The van der Waals surface area contributed by atoms with Crippen LogP contribution >= 0.6 is 0 Å². The molecule has 0 fully saturated rings. The summed E-state index contributed by atoms with van der Waals surface area (Å²) in [6.45, 7) is 4.29. The van der Waals surface area contributed by atoms with Gasteiger partial charge < -0.3 is 10.7 Å². The Morgan fingerprint density at radius 2 is 2.21 bits per heavy atom. The molecule has 5 heteroatoms. The van der Waals surface area contributed by atoms with Crippen molar-refractivity contribution in [2.75, 3.05) is 0 Å². The van der Waals surface area contributed by atoms with Crippen molar-refractivity contribution in [2.45, 2.75) is 25.3 Å². The Morgan fingerprint density at radius 1 is 1.47 bits per heavy atom. The standard InChI is InChI=1S/C14H17BN4/c1-14(2)9(6-18-17)12(16)13-11(14)8-5-7(15)3-4-10(8)19-13/h3-6,12,17,19H,15-16H2,1-2H3/b9-6+,18-17?. The van der Waals surface area contributed by atoms with E-state index in [1.54, 1.807) is 6.20 Å². The minimum absolute atomic E-state index is 0.189. The summed E-state index contributed by atoms with van der Waals surface area (Å²) in [4.78, 5) is 3.43. The molecule has 3 rings (SSSR count). The molecule has 0 radical (unpaired) electrons. The van der Waals surface area contributed by atoms with Crippen LogP contribution in [-0.4, -0.2) is 12.8 Å². The van der Waals surface area contributed by atoms with E-state index in [-0.39, 0.29) is 11.5 Å². The van der Waals surface area contributed by atoms with E-state index in [4.69, 9.17) is 11.3 Å². The summed E-state index contributed by atoms with van der Waals surface area (Å²) in [7, 11) is 2.09. The molecule has 4 N–H and O–H groups in total. The zero-order chi connectivity index (χ0) is 13.8. The monoisotopic (exact) mass is 252 g/mol. The van der Waals surface area contributed by atoms with Gasteiger partial charge in [-0.05, 0) is 17.2 Å². The Bertz CT molecular complexity index is 712. The van der Waals surface area contributed by atoms with Gasteiger partial charge in [-0.15, -0.1) is 0 Å². The summed E-state index contributed by atoms with van der Waals surface area (Å²) in [5.41, 5.74) is 18.9. The third-order valence-electron chi connectivity index (χ3n) is 4.18. The zero-order valence-corrected chi connectivity index (χ0v) is 11.4.